The Morgan fingerprint density at radius 2 is 2.06 bits per heavy atom. The lowest BCUT2D eigenvalue weighted by Crippen LogP contribution is -2.40. The molecule has 96 valence electrons. The second kappa shape index (κ2) is 7.29. The van der Waals surface area contributed by atoms with Gasteiger partial charge in [-0.1, -0.05) is 26.2 Å². The Morgan fingerprint density at radius 1 is 1.31 bits per heavy atom. The molecule has 2 heteroatoms. The summed E-state index contributed by atoms with van der Waals surface area (Å²) in [7, 11) is 2.07. The average Bonchev–Trinajstić information content (AvgIpc) is 2.30. The zero-order chi connectivity index (χ0) is 12.0. The topological polar surface area (TPSA) is 21.3 Å². The molecule has 1 aliphatic rings. The van der Waals surface area contributed by atoms with Crippen molar-refractivity contribution in [1.82, 2.24) is 5.32 Å². The van der Waals surface area contributed by atoms with E-state index >= 15 is 0 Å². The normalized spacial score (nSPS) is 28.3. The quantitative estimate of drug-likeness (QED) is 0.752. The molecule has 0 aromatic carbocycles. The van der Waals surface area contributed by atoms with Gasteiger partial charge in [0.15, 0.2) is 0 Å². The summed E-state index contributed by atoms with van der Waals surface area (Å²) in [6.45, 7) is 7.42. The van der Waals surface area contributed by atoms with Crippen LogP contribution in [0, 0.1) is 11.8 Å². The van der Waals surface area contributed by atoms with Crippen molar-refractivity contribution < 1.29 is 4.74 Å². The molecule has 0 aliphatic heterocycles. The van der Waals surface area contributed by atoms with E-state index in [9.17, 15) is 0 Å². The van der Waals surface area contributed by atoms with Gasteiger partial charge in [0.25, 0.3) is 0 Å². The summed E-state index contributed by atoms with van der Waals surface area (Å²) in [6, 6.07) is 0.553. The standard InChI is InChI=1S/C14H29NO/c1-5-12-7-6-8-13(9-12)14(15-4)10-16-11(2)3/h11-15H,5-10H2,1-4H3. The number of hydrogen-bond acceptors (Lipinski definition) is 2. The fourth-order valence-corrected chi connectivity index (χ4v) is 2.82. The van der Waals surface area contributed by atoms with E-state index in [2.05, 4.69) is 33.1 Å². The first kappa shape index (κ1) is 14.0. The highest BCUT2D eigenvalue weighted by Crippen LogP contribution is 2.32. The van der Waals surface area contributed by atoms with E-state index in [-0.39, 0.29) is 0 Å². The molecule has 0 radical (unpaired) electrons. The third kappa shape index (κ3) is 4.42. The number of rotatable bonds is 6. The lowest BCUT2D eigenvalue weighted by atomic mass is 9.77. The molecule has 0 bridgehead atoms. The van der Waals surface area contributed by atoms with Gasteiger partial charge in [0, 0.05) is 6.04 Å². The first-order chi connectivity index (χ1) is 7.67. The monoisotopic (exact) mass is 227 g/mol. The maximum absolute atomic E-state index is 5.75. The Morgan fingerprint density at radius 3 is 2.62 bits per heavy atom. The predicted molar refractivity (Wildman–Crippen MR) is 69.7 cm³/mol. The zero-order valence-corrected chi connectivity index (χ0v) is 11.5. The van der Waals surface area contributed by atoms with Crippen LogP contribution in [0.4, 0.5) is 0 Å². The van der Waals surface area contributed by atoms with E-state index in [1.54, 1.807) is 0 Å². The molecule has 0 heterocycles. The van der Waals surface area contributed by atoms with E-state index in [1.165, 1.54) is 32.1 Å². The molecule has 1 saturated carbocycles. The van der Waals surface area contributed by atoms with Crippen molar-refractivity contribution in [2.24, 2.45) is 11.8 Å². The largest absolute Gasteiger partial charge is 0.377 e. The summed E-state index contributed by atoms with van der Waals surface area (Å²) in [4.78, 5) is 0. The molecule has 1 rings (SSSR count). The molecule has 1 fully saturated rings. The number of ether oxygens (including phenoxy) is 1. The molecule has 2 nitrogen and oxygen atoms in total. The average molecular weight is 227 g/mol. The van der Waals surface area contributed by atoms with Gasteiger partial charge in [-0.2, -0.15) is 0 Å². The van der Waals surface area contributed by atoms with E-state index in [0.717, 1.165) is 18.4 Å². The van der Waals surface area contributed by atoms with Crippen LogP contribution in [0.2, 0.25) is 0 Å². The predicted octanol–water partition coefficient (Wildman–Crippen LogP) is 3.22. The first-order valence-electron chi connectivity index (χ1n) is 6.96. The van der Waals surface area contributed by atoms with E-state index < -0.39 is 0 Å². The summed E-state index contributed by atoms with van der Waals surface area (Å²) in [5.74, 6) is 1.77. The van der Waals surface area contributed by atoms with Crippen LogP contribution in [0.1, 0.15) is 52.9 Å². The van der Waals surface area contributed by atoms with Gasteiger partial charge in [0.2, 0.25) is 0 Å². The summed E-state index contributed by atoms with van der Waals surface area (Å²) >= 11 is 0. The number of likely N-dealkylation sites (N-methyl/N-ethyl adjacent to an activating group) is 1. The Kier molecular flexibility index (Phi) is 6.37. The van der Waals surface area contributed by atoms with Crippen LogP contribution >= 0.6 is 0 Å². The molecule has 1 aliphatic carbocycles. The van der Waals surface area contributed by atoms with Crippen molar-refractivity contribution in [3.63, 3.8) is 0 Å². The van der Waals surface area contributed by atoms with Crippen molar-refractivity contribution in [1.29, 1.82) is 0 Å². The Balaban J connectivity index is 2.38. The smallest absolute Gasteiger partial charge is 0.0625 e. The molecular weight excluding hydrogens is 198 g/mol. The van der Waals surface area contributed by atoms with Crippen LogP contribution in [0.15, 0.2) is 0 Å². The van der Waals surface area contributed by atoms with Gasteiger partial charge < -0.3 is 10.1 Å². The van der Waals surface area contributed by atoms with Gasteiger partial charge in [-0.3, -0.25) is 0 Å². The molecular formula is C14H29NO. The van der Waals surface area contributed by atoms with Crippen LogP contribution in [-0.2, 0) is 4.74 Å². The SMILES string of the molecule is CCC1CCCC(C(COC(C)C)NC)C1. The van der Waals surface area contributed by atoms with Gasteiger partial charge in [0.1, 0.15) is 0 Å². The number of hydrogen-bond donors (Lipinski definition) is 1. The van der Waals surface area contributed by atoms with Gasteiger partial charge in [-0.05, 0) is 45.6 Å². The second-order valence-corrected chi connectivity index (χ2v) is 5.48. The van der Waals surface area contributed by atoms with Crippen molar-refractivity contribution in [3.8, 4) is 0 Å². The zero-order valence-electron chi connectivity index (χ0n) is 11.5. The number of nitrogens with one attached hydrogen (secondary N) is 1. The molecule has 0 saturated heterocycles. The third-order valence-corrected chi connectivity index (χ3v) is 3.95. The Labute approximate surface area is 101 Å². The van der Waals surface area contributed by atoms with E-state index in [1.807, 2.05) is 0 Å². The highest BCUT2D eigenvalue weighted by molar-refractivity contribution is 4.81. The van der Waals surface area contributed by atoms with E-state index in [4.69, 9.17) is 4.74 Å². The van der Waals surface area contributed by atoms with Gasteiger partial charge >= 0.3 is 0 Å². The van der Waals surface area contributed by atoms with Crippen molar-refractivity contribution in [2.75, 3.05) is 13.7 Å². The molecule has 16 heavy (non-hydrogen) atoms. The molecule has 0 spiro atoms. The lowest BCUT2D eigenvalue weighted by molar-refractivity contribution is 0.0407. The Bertz CT molecular complexity index is 182. The Hall–Kier alpha value is -0.0800. The minimum absolute atomic E-state index is 0.349. The molecule has 0 amide bonds. The van der Waals surface area contributed by atoms with Crippen molar-refractivity contribution >= 4 is 0 Å². The summed E-state index contributed by atoms with van der Waals surface area (Å²) in [5.41, 5.74) is 0. The molecule has 3 unspecified atom stereocenters. The fourth-order valence-electron chi connectivity index (χ4n) is 2.82. The maximum atomic E-state index is 5.75. The van der Waals surface area contributed by atoms with Gasteiger partial charge in [-0.25, -0.2) is 0 Å². The van der Waals surface area contributed by atoms with Gasteiger partial charge in [0.05, 0.1) is 12.7 Å². The lowest BCUT2D eigenvalue weighted by Gasteiger charge is -2.34. The molecule has 3 atom stereocenters. The summed E-state index contributed by atoms with van der Waals surface area (Å²) in [6.07, 6.45) is 7.31. The summed E-state index contributed by atoms with van der Waals surface area (Å²) < 4.78 is 5.75. The molecule has 0 aromatic rings. The van der Waals surface area contributed by atoms with Crippen LogP contribution in [0.25, 0.3) is 0 Å². The van der Waals surface area contributed by atoms with Gasteiger partial charge in [-0.15, -0.1) is 0 Å². The van der Waals surface area contributed by atoms with Crippen LogP contribution in [0.5, 0.6) is 0 Å². The first-order valence-corrected chi connectivity index (χ1v) is 6.96. The minimum atomic E-state index is 0.349. The van der Waals surface area contributed by atoms with E-state index in [0.29, 0.717) is 12.1 Å². The third-order valence-electron chi connectivity index (χ3n) is 3.95. The van der Waals surface area contributed by atoms with Crippen LogP contribution in [0.3, 0.4) is 0 Å². The van der Waals surface area contributed by atoms with Crippen LogP contribution in [-0.4, -0.2) is 25.8 Å². The maximum Gasteiger partial charge on any atom is 0.0625 e. The van der Waals surface area contributed by atoms with Crippen molar-refractivity contribution in [2.45, 2.75) is 65.0 Å². The highest BCUT2D eigenvalue weighted by atomic mass is 16.5. The minimum Gasteiger partial charge on any atom is -0.377 e. The van der Waals surface area contributed by atoms with Crippen molar-refractivity contribution in [3.05, 3.63) is 0 Å². The molecule has 0 aromatic heterocycles. The second-order valence-electron chi connectivity index (χ2n) is 5.48. The summed E-state index contributed by atoms with van der Waals surface area (Å²) in [5, 5.41) is 3.45. The molecule has 1 N–H and O–H groups in total. The van der Waals surface area contributed by atoms with Crippen LogP contribution < -0.4 is 5.32 Å². The highest BCUT2D eigenvalue weighted by Gasteiger charge is 2.27. The fraction of sp³-hybridized carbons (Fsp3) is 1.00.